The maximum atomic E-state index is 2.65. The number of allylic oxidation sites excluding steroid dienone is 5. The van der Waals surface area contributed by atoms with Gasteiger partial charge in [-0.05, 0) is 0 Å². The van der Waals surface area contributed by atoms with Crippen LogP contribution in [0.15, 0.2) is 50.9 Å². The zero-order chi connectivity index (χ0) is 16.3. The summed E-state index contributed by atoms with van der Waals surface area (Å²) in [4.78, 5) is 0. The van der Waals surface area contributed by atoms with Crippen molar-refractivity contribution in [2.45, 2.75) is 42.4 Å². The molecule has 0 N–H and O–H groups in total. The van der Waals surface area contributed by atoms with Crippen LogP contribution in [0.3, 0.4) is 0 Å². The summed E-state index contributed by atoms with van der Waals surface area (Å²) in [5.74, 6) is 0.630. The summed E-state index contributed by atoms with van der Waals surface area (Å²) >= 11 is -2.82. The minimum atomic E-state index is -2.82. The van der Waals surface area contributed by atoms with Gasteiger partial charge in [0.25, 0.3) is 0 Å². The van der Waals surface area contributed by atoms with Crippen molar-refractivity contribution in [3.63, 3.8) is 0 Å². The Labute approximate surface area is 162 Å². The van der Waals surface area contributed by atoms with Gasteiger partial charge in [-0.2, -0.15) is 0 Å². The molecule has 3 rings (SSSR count). The van der Waals surface area contributed by atoms with Gasteiger partial charge in [0.2, 0.25) is 0 Å². The van der Waals surface area contributed by atoms with Crippen molar-refractivity contribution in [3.8, 4) is 0 Å². The summed E-state index contributed by atoms with van der Waals surface area (Å²) in [6.45, 7) is 9.45. The number of rotatable bonds is 2. The van der Waals surface area contributed by atoms with Crippen molar-refractivity contribution < 1.29 is 38.9 Å². The van der Waals surface area contributed by atoms with E-state index in [2.05, 4.69) is 82.2 Å². The number of hydrogen-bond acceptors (Lipinski definition) is 0. The summed E-state index contributed by atoms with van der Waals surface area (Å²) in [7, 11) is 2.37. The largest absolute Gasteiger partial charge is 1.00 e. The Bertz CT molecular complexity index is 824. The first-order valence-electron chi connectivity index (χ1n) is 8.37. The Morgan fingerprint density at radius 3 is 2.08 bits per heavy atom. The smallest absolute Gasteiger partial charge is 1.00 e. The van der Waals surface area contributed by atoms with Gasteiger partial charge in [-0.15, -0.1) is 0 Å². The Balaban J connectivity index is 0.00000144. The second-order valence-corrected chi connectivity index (χ2v) is 27.9. The predicted molar refractivity (Wildman–Crippen MR) is 98.7 cm³/mol. The summed E-state index contributed by atoms with van der Waals surface area (Å²) in [5.41, 5.74) is 7.73. The van der Waals surface area contributed by atoms with Crippen LogP contribution >= 0.6 is 0 Å². The van der Waals surface area contributed by atoms with Crippen molar-refractivity contribution in [3.05, 3.63) is 62.1 Å². The molecule has 0 aliphatic heterocycles. The summed E-state index contributed by atoms with van der Waals surface area (Å²) in [6.07, 6.45) is 4.86. The van der Waals surface area contributed by atoms with Crippen LogP contribution in [0.5, 0.6) is 0 Å². The second kappa shape index (κ2) is 6.93. The van der Waals surface area contributed by atoms with Crippen LogP contribution in [0.2, 0.25) is 10.5 Å². The Morgan fingerprint density at radius 2 is 1.54 bits per heavy atom. The molecule has 0 nitrogen and oxygen atoms in total. The van der Waals surface area contributed by atoms with E-state index in [0.29, 0.717) is 10.1 Å². The van der Waals surface area contributed by atoms with Crippen LogP contribution in [0.1, 0.15) is 43.0 Å². The van der Waals surface area contributed by atoms with E-state index in [1.165, 1.54) is 5.56 Å². The SMILES string of the molecule is CC1=C(C)C(C)[C]([Ti+2]([CH3])([CH3])(=[SiH2])[CH]2C=Cc3ccccc32)=C1C.[Cl-].[Cl-]. The molecule has 1 aromatic rings. The second-order valence-electron chi connectivity index (χ2n) is 8.34. The van der Waals surface area contributed by atoms with Gasteiger partial charge in [0.1, 0.15) is 0 Å². The Hall–Kier alpha value is -0.0488. The minimum absolute atomic E-state index is 0. The molecule has 0 saturated heterocycles. The van der Waals surface area contributed by atoms with E-state index < -0.39 is 14.0 Å². The monoisotopic (exact) mass is 414 g/mol. The molecule has 24 heavy (non-hydrogen) atoms. The van der Waals surface area contributed by atoms with E-state index in [9.17, 15) is 0 Å². The van der Waals surface area contributed by atoms with E-state index >= 15 is 0 Å². The molecule has 0 radical (unpaired) electrons. The first-order chi connectivity index (χ1) is 10.1. The Morgan fingerprint density at radius 1 is 0.958 bits per heavy atom. The topological polar surface area (TPSA) is 0 Å². The standard InChI is InChI=1S/C9H7.C9H13.2CH3.2ClH.H2Si.Ti/c1-2-5-9-7-3-6-8(9)4-1;1-6-5-7(2)9(4)8(6)3;;;;;;/h1-7H;6H,1-4H3;2*1H3;2*1H;1H2;/q;;;;;;;+2/p-2. The van der Waals surface area contributed by atoms with Gasteiger partial charge in [0.15, 0.2) is 0 Å². The molecular weight excluding hydrogens is 387 g/mol. The molecule has 2 unspecified atom stereocenters. The molecule has 130 valence electrons. The average Bonchev–Trinajstić information content (AvgIpc) is 2.96. The fraction of sp³-hybridized carbons (Fsp3) is 0.400. The molecule has 0 saturated carbocycles. The molecule has 2 aliphatic rings. The molecule has 0 fully saturated rings. The van der Waals surface area contributed by atoms with E-state index in [0.717, 1.165) is 0 Å². The summed E-state index contributed by atoms with van der Waals surface area (Å²) < 4.78 is 2.45. The third-order valence-electron chi connectivity index (χ3n) is 6.32. The molecule has 2 aliphatic carbocycles. The third-order valence-corrected chi connectivity index (χ3v) is 17.6. The molecule has 4 heteroatoms. The maximum absolute atomic E-state index is 2.82. The zero-order valence-corrected chi connectivity index (χ0v) is 20.1. The van der Waals surface area contributed by atoms with Gasteiger partial charge in [-0.1, -0.05) is 0 Å². The van der Waals surface area contributed by atoms with Gasteiger partial charge in [0.05, 0.1) is 0 Å². The van der Waals surface area contributed by atoms with E-state index in [1.54, 1.807) is 22.3 Å². The van der Waals surface area contributed by atoms with Gasteiger partial charge in [0, 0.05) is 0 Å². The van der Waals surface area contributed by atoms with Crippen LogP contribution in [0, 0.1) is 5.92 Å². The van der Waals surface area contributed by atoms with Crippen LogP contribution in [0.25, 0.3) is 6.08 Å². The van der Waals surface area contributed by atoms with Gasteiger partial charge >= 0.3 is 138 Å². The molecule has 0 aromatic heterocycles. The molecule has 0 bridgehead atoms. The first kappa shape index (κ1) is 22.0. The molecule has 0 heterocycles. The third kappa shape index (κ3) is 3.08. The van der Waals surface area contributed by atoms with Crippen molar-refractivity contribution >= 4 is 13.7 Å². The molecule has 0 spiro atoms. The Kier molecular flexibility index (Phi) is 6.35. The molecule has 0 amide bonds. The number of hydrogen-bond donors (Lipinski definition) is 0. The van der Waals surface area contributed by atoms with Crippen molar-refractivity contribution in [1.82, 2.24) is 0 Å². The number of fused-ring (bicyclic) bond motifs is 1. The fourth-order valence-electron chi connectivity index (χ4n) is 4.92. The maximum Gasteiger partial charge on any atom is -1.00 e. The predicted octanol–water partition coefficient (Wildman–Crippen LogP) is -0.643. The van der Waals surface area contributed by atoms with Gasteiger partial charge in [-0.3, -0.25) is 0 Å². The minimum Gasteiger partial charge on any atom is -1.00 e. The van der Waals surface area contributed by atoms with Crippen LogP contribution in [-0.2, 0) is 14.0 Å². The van der Waals surface area contributed by atoms with Gasteiger partial charge < -0.3 is 24.8 Å². The van der Waals surface area contributed by atoms with Crippen LogP contribution in [0.4, 0.5) is 0 Å². The first-order valence-corrected chi connectivity index (χ1v) is 17.2. The van der Waals surface area contributed by atoms with Crippen molar-refractivity contribution in [2.75, 3.05) is 0 Å². The quantitative estimate of drug-likeness (QED) is 0.564. The number of benzene rings is 1. The van der Waals surface area contributed by atoms with Crippen LogP contribution < -0.4 is 24.8 Å². The van der Waals surface area contributed by atoms with Gasteiger partial charge in [-0.25, -0.2) is 0 Å². The molecule has 2 atom stereocenters. The van der Waals surface area contributed by atoms with Crippen molar-refractivity contribution in [1.29, 1.82) is 0 Å². The molecule has 1 aromatic carbocycles. The molecular formula is C20H28Cl2SiTi. The number of halogens is 2. The zero-order valence-electron chi connectivity index (χ0n) is 15.6. The van der Waals surface area contributed by atoms with E-state index in [1.807, 2.05) is 3.88 Å². The summed E-state index contributed by atoms with van der Waals surface area (Å²) in [5, 5.41) is 5.29. The average molecular weight is 415 g/mol. The van der Waals surface area contributed by atoms with Crippen LogP contribution in [-0.4, -0.2) is 7.63 Å². The van der Waals surface area contributed by atoms with Crippen molar-refractivity contribution in [2.24, 2.45) is 5.92 Å². The normalized spacial score (nSPS) is 22.1. The van der Waals surface area contributed by atoms with E-state index in [-0.39, 0.29) is 24.8 Å². The van der Waals surface area contributed by atoms with E-state index in [4.69, 9.17) is 0 Å². The summed E-state index contributed by atoms with van der Waals surface area (Å²) in [6, 6.07) is 8.99. The fourth-order valence-corrected chi connectivity index (χ4v) is 17.1.